The number of nitrogens with one attached hydrogen (secondary N) is 1. The molecule has 0 radical (unpaired) electrons. The zero-order chi connectivity index (χ0) is 14.8. The van der Waals surface area contributed by atoms with Crippen molar-refractivity contribution in [2.45, 2.75) is 25.8 Å². The standard InChI is InChI=1S/C13H17BrN6O/c1-2-5-19(10-3-4-15-7-10)12(21)11-17-13-16-6-9(14)8-20(13)18-11/h6,8,10,15H,2-5,7H2,1H3. The molecule has 0 spiro atoms. The molecule has 1 unspecified atom stereocenters. The van der Waals surface area contributed by atoms with Gasteiger partial charge in [0.25, 0.3) is 11.7 Å². The van der Waals surface area contributed by atoms with Crippen LogP contribution in [0.4, 0.5) is 0 Å². The molecule has 3 rings (SSSR count). The van der Waals surface area contributed by atoms with Gasteiger partial charge in [0.05, 0.1) is 4.47 Å². The Hall–Kier alpha value is -1.54. The second-order valence-corrected chi connectivity index (χ2v) is 6.01. The molecule has 1 atom stereocenters. The average Bonchev–Trinajstić information content (AvgIpc) is 3.12. The summed E-state index contributed by atoms with van der Waals surface area (Å²) in [5.74, 6) is 0.524. The summed E-state index contributed by atoms with van der Waals surface area (Å²) < 4.78 is 2.32. The largest absolute Gasteiger partial charge is 0.332 e. The molecule has 0 saturated carbocycles. The van der Waals surface area contributed by atoms with Crippen LogP contribution in [0.25, 0.3) is 5.78 Å². The molecule has 1 N–H and O–H groups in total. The van der Waals surface area contributed by atoms with Crippen molar-refractivity contribution in [3.05, 3.63) is 22.7 Å². The second kappa shape index (κ2) is 6.07. The highest BCUT2D eigenvalue weighted by atomic mass is 79.9. The van der Waals surface area contributed by atoms with Gasteiger partial charge in [-0.2, -0.15) is 4.98 Å². The number of rotatable bonds is 4. The van der Waals surface area contributed by atoms with Gasteiger partial charge in [0, 0.05) is 31.5 Å². The molecular formula is C13H17BrN6O. The fraction of sp³-hybridized carbons (Fsp3) is 0.538. The maximum Gasteiger partial charge on any atom is 0.293 e. The summed E-state index contributed by atoms with van der Waals surface area (Å²) in [6.07, 6.45) is 5.28. The van der Waals surface area contributed by atoms with E-state index < -0.39 is 0 Å². The molecule has 2 aromatic heterocycles. The third kappa shape index (κ3) is 2.91. The van der Waals surface area contributed by atoms with Crippen LogP contribution in [0.15, 0.2) is 16.9 Å². The number of fused-ring (bicyclic) bond motifs is 1. The predicted octanol–water partition coefficient (Wildman–Crippen LogP) is 1.10. The van der Waals surface area contributed by atoms with Gasteiger partial charge in [-0.15, -0.1) is 5.10 Å². The van der Waals surface area contributed by atoms with E-state index in [2.05, 4.69) is 43.2 Å². The first kappa shape index (κ1) is 14.4. The number of aromatic nitrogens is 4. The van der Waals surface area contributed by atoms with Crippen LogP contribution in [0, 0.1) is 0 Å². The van der Waals surface area contributed by atoms with Gasteiger partial charge in [-0.1, -0.05) is 6.92 Å². The molecular weight excluding hydrogens is 336 g/mol. The molecule has 2 aromatic rings. The van der Waals surface area contributed by atoms with E-state index in [9.17, 15) is 4.79 Å². The summed E-state index contributed by atoms with van der Waals surface area (Å²) in [6.45, 7) is 4.57. The topological polar surface area (TPSA) is 75.4 Å². The minimum Gasteiger partial charge on any atom is -0.332 e. The summed E-state index contributed by atoms with van der Waals surface area (Å²) in [4.78, 5) is 23.0. The van der Waals surface area contributed by atoms with Gasteiger partial charge in [0.2, 0.25) is 5.82 Å². The Morgan fingerprint density at radius 2 is 2.48 bits per heavy atom. The third-order valence-corrected chi connectivity index (χ3v) is 3.96. The maximum absolute atomic E-state index is 12.7. The van der Waals surface area contributed by atoms with Crippen LogP contribution in [0.5, 0.6) is 0 Å². The van der Waals surface area contributed by atoms with Crippen molar-refractivity contribution in [2.75, 3.05) is 19.6 Å². The van der Waals surface area contributed by atoms with E-state index in [1.54, 1.807) is 12.4 Å². The van der Waals surface area contributed by atoms with E-state index in [4.69, 9.17) is 0 Å². The van der Waals surface area contributed by atoms with E-state index in [1.165, 1.54) is 4.52 Å². The number of carbonyl (C=O) groups excluding carboxylic acids is 1. The molecule has 0 aromatic carbocycles. The number of hydrogen-bond acceptors (Lipinski definition) is 5. The van der Waals surface area contributed by atoms with E-state index >= 15 is 0 Å². The number of halogens is 1. The minimum atomic E-state index is -0.118. The molecule has 7 nitrogen and oxygen atoms in total. The first-order valence-corrected chi connectivity index (χ1v) is 7.88. The predicted molar refractivity (Wildman–Crippen MR) is 81.1 cm³/mol. The highest BCUT2D eigenvalue weighted by Gasteiger charge is 2.29. The zero-order valence-electron chi connectivity index (χ0n) is 11.8. The van der Waals surface area contributed by atoms with Gasteiger partial charge in [0.1, 0.15) is 0 Å². The summed E-state index contributed by atoms with van der Waals surface area (Å²) in [5.41, 5.74) is 0. The van der Waals surface area contributed by atoms with Crippen LogP contribution in [0.1, 0.15) is 30.4 Å². The minimum absolute atomic E-state index is 0.118. The Kier molecular flexibility index (Phi) is 4.16. The fourth-order valence-electron chi connectivity index (χ4n) is 2.57. The maximum atomic E-state index is 12.7. The molecule has 1 amide bonds. The lowest BCUT2D eigenvalue weighted by molar-refractivity contribution is 0.0680. The van der Waals surface area contributed by atoms with E-state index in [0.29, 0.717) is 5.78 Å². The fourth-order valence-corrected chi connectivity index (χ4v) is 2.87. The van der Waals surface area contributed by atoms with Crippen LogP contribution in [-0.4, -0.2) is 56.1 Å². The normalized spacial score (nSPS) is 18.3. The lowest BCUT2D eigenvalue weighted by Gasteiger charge is -2.26. The van der Waals surface area contributed by atoms with Crippen molar-refractivity contribution in [3.8, 4) is 0 Å². The lowest BCUT2D eigenvalue weighted by atomic mass is 10.2. The molecule has 0 aliphatic carbocycles. The van der Waals surface area contributed by atoms with Gasteiger partial charge >= 0.3 is 0 Å². The van der Waals surface area contributed by atoms with E-state index in [0.717, 1.165) is 36.9 Å². The van der Waals surface area contributed by atoms with Crippen molar-refractivity contribution in [1.29, 1.82) is 0 Å². The Morgan fingerprint density at radius 1 is 1.62 bits per heavy atom. The van der Waals surface area contributed by atoms with Crippen LogP contribution in [-0.2, 0) is 0 Å². The molecule has 21 heavy (non-hydrogen) atoms. The van der Waals surface area contributed by atoms with Crippen molar-refractivity contribution in [3.63, 3.8) is 0 Å². The van der Waals surface area contributed by atoms with Crippen LogP contribution in [0.2, 0.25) is 0 Å². The van der Waals surface area contributed by atoms with Gasteiger partial charge in [0.15, 0.2) is 0 Å². The van der Waals surface area contributed by atoms with E-state index in [1.807, 2.05) is 4.90 Å². The molecule has 112 valence electrons. The van der Waals surface area contributed by atoms with Gasteiger partial charge in [-0.3, -0.25) is 4.79 Å². The Balaban J connectivity index is 1.89. The lowest BCUT2D eigenvalue weighted by Crippen LogP contribution is -2.42. The van der Waals surface area contributed by atoms with Crippen molar-refractivity contribution in [1.82, 2.24) is 29.8 Å². The average molecular weight is 353 g/mol. The summed E-state index contributed by atoms with van der Waals surface area (Å²) >= 11 is 3.33. The highest BCUT2D eigenvalue weighted by Crippen LogP contribution is 2.14. The van der Waals surface area contributed by atoms with Crippen molar-refractivity contribution in [2.24, 2.45) is 0 Å². The zero-order valence-corrected chi connectivity index (χ0v) is 13.4. The van der Waals surface area contributed by atoms with Crippen LogP contribution < -0.4 is 5.32 Å². The smallest absolute Gasteiger partial charge is 0.293 e. The number of nitrogens with zero attached hydrogens (tertiary/aromatic N) is 5. The third-order valence-electron chi connectivity index (χ3n) is 3.55. The van der Waals surface area contributed by atoms with Crippen LogP contribution in [0.3, 0.4) is 0 Å². The summed E-state index contributed by atoms with van der Waals surface area (Å²) in [5, 5.41) is 7.54. The molecule has 1 fully saturated rings. The van der Waals surface area contributed by atoms with Crippen molar-refractivity contribution < 1.29 is 4.79 Å². The molecule has 3 heterocycles. The highest BCUT2D eigenvalue weighted by molar-refractivity contribution is 9.10. The SMILES string of the molecule is CCCN(C(=O)c1nc2ncc(Br)cn2n1)C1CCNC1. The first-order chi connectivity index (χ1) is 10.2. The second-order valence-electron chi connectivity index (χ2n) is 5.10. The molecule has 1 saturated heterocycles. The number of amides is 1. The first-order valence-electron chi connectivity index (χ1n) is 7.08. The molecule has 1 aliphatic rings. The Morgan fingerprint density at radius 3 is 3.19 bits per heavy atom. The van der Waals surface area contributed by atoms with Gasteiger partial charge in [-0.05, 0) is 35.3 Å². The number of carbonyl (C=O) groups is 1. The molecule has 1 aliphatic heterocycles. The molecule has 8 heteroatoms. The summed E-state index contributed by atoms with van der Waals surface area (Å²) in [7, 11) is 0. The summed E-state index contributed by atoms with van der Waals surface area (Å²) in [6, 6.07) is 0.226. The quantitative estimate of drug-likeness (QED) is 0.891. The Labute approximate surface area is 130 Å². The van der Waals surface area contributed by atoms with Crippen LogP contribution >= 0.6 is 15.9 Å². The van der Waals surface area contributed by atoms with Crippen molar-refractivity contribution >= 4 is 27.6 Å². The van der Waals surface area contributed by atoms with E-state index in [-0.39, 0.29) is 17.8 Å². The molecule has 0 bridgehead atoms. The monoisotopic (exact) mass is 352 g/mol. The Bertz CT molecular complexity index is 651. The van der Waals surface area contributed by atoms with Gasteiger partial charge < -0.3 is 10.2 Å². The number of hydrogen-bond donors (Lipinski definition) is 1. The van der Waals surface area contributed by atoms with Gasteiger partial charge in [-0.25, -0.2) is 9.50 Å².